The monoisotopic (exact) mass is 402 g/mol. The third kappa shape index (κ3) is 23.4. The quantitative estimate of drug-likeness (QED) is 0.176. The Kier molecular flexibility index (Phi) is 22.1. The van der Waals surface area contributed by atoms with Crippen molar-refractivity contribution in [1.29, 1.82) is 0 Å². The lowest BCUT2D eigenvalue weighted by atomic mass is 10.0. The van der Waals surface area contributed by atoms with E-state index >= 15 is 0 Å². The average molecular weight is 403 g/mol. The molecule has 0 heterocycles. The molecule has 0 aliphatic carbocycles. The second-order valence-corrected chi connectivity index (χ2v) is 7.82. The average Bonchev–Trinajstić information content (AvgIpc) is 2.67. The summed E-state index contributed by atoms with van der Waals surface area (Å²) in [5, 5.41) is 0. The van der Waals surface area contributed by atoms with Gasteiger partial charge in [-0.25, -0.2) is 0 Å². The van der Waals surface area contributed by atoms with Crippen molar-refractivity contribution in [1.82, 2.24) is 0 Å². The Bertz CT molecular complexity index is 320. The van der Waals surface area contributed by atoms with E-state index in [2.05, 4.69) is 20.8 Å². The van der Waals surface area contributed by atoms with Crippen molar-refractivity contribution in [2.75, 3.05) is 46.2 Å². The van der Waals surface area contributed by atoms with Crippen LogP contribution in [0, 0.1) is 5.92 Å². The van der Waals surface area contributed by atoms with Crippen molar-refractivity contribution in [3.05, 3.63) is 0 Å². The number of ether oxygens (including phenoxy) is 4. The van der Waals surface area contributed by atoms with E-state index < -0.39 is 0 Å². The Morgan fingerprint density at radius 3 is 1.82 bits per heavy atom. The van der Waals surface area contributed by atoms with Gasteiger partial charge in [0.05, 0.1) is 33.0 Å². The molecule has 5 nitrogen and oxygen atoms in total. The van der Waals surface area contributed by atoms with E-state index in [9.17, 15) is 4.79 Å². The molecule has 0 radical (unpaired) electrons. The molecule has 0 saturated carbocycles. The van der Waals surface area contributed by atoms with Crippen LogP contribution in [-0.4, -0.2) is 52.2 Å². The summed E-state index contributed by atoms with van der Waals surface area (Å²) in [7, 11) is 0. The minimum Gasteiger partial charge on any atom is -0.466 e. The molecular weight excluding hydrogens is 356 g/mol. The molecule has 0 saturated heterocycles. The molecule has 0 aliphatic heterocycles. The number of rotatable bonds is 22. The number of carbonyl (C=O) groups is 1. The molecule has 0 aromatic rings. The van der Waals surface area contributed by atoms with Crippen LogP contribution in [0.1, 0.15) is 91.4 Å². The summed E-state index contributed by atoms with van der Waals surface area (Å²) in [5.74, 6) is 0.670. The largest absolute Gasteiger partial charge is 0.466 e. The molecule has 28 heavy (non-hydrogen) atoms. The topological polar surface area (TPSA) is 54.0 Å². The van der Waals surface area contributed by atoms with Crippen LogP contribution in [0.25, 0.3) is 0 Å². The molecule has 0 spiro atoms. The van der Waals surface area contributed by atoms with Crippen molar-refractivity contribution in [2.45, 2.75) is 91.4 Å². The second kappa shape index (κ2) is 22.6. The molecular formula is C23H46O5. The number of unbranched alkanes of at least 4 members (excludes halogenated alkanes) is 6. The summed E-state index contributed by atoms with van der Waals surface area (Å²) in [6, 6.07) is 0. The van der Waals surface area contributed by atoms with Gasteiger partial charge in [-0.2, -0.15) is 0 Å². The molecule has 5 heteroatoms. The van der Waals surface area contributed by atoms with Gasteiger partial charge in [0.15, 0.2) is 0 Å². The summed E-state index contributed by atoms with van der Waals surface area (Å²) in [4.78, 5) is 11.6. The first-order chi connectivity index (χ1) is 13.7. The van der Waals surface area contributed by atoms with Crippen LogP contribution in [0.3, 0.4) is 0 Å². The van der Waals surface area contributed by atoms with Crippen molar-refractivity contribution in [3.63, 3.8) is 0 Å². The first-order valence-electron chi connectivity index (χ1n) is 11.6. The summed E-state index contributed by atoms with van der Waals surface area (Å²) >= 11 is 0. The predicted molar refractivity (Wildman–Crippen MR) is 115 cm³/mol. The van der Waals surface area contributed by atoms with E-state index in [1.54, 1.807) is 0 Å². The molecule has 0 aromatic heterocycles. The maximum Gasteiger partial charge on any atom is 0.305 e. The van der Waals surface area contributed by atoms with Gasteiger partial charge < -0.3 is 18.9 Å². The Balaban J connectivity index is 3.14. The molecule has 0 N–H and O–H groups in total. The number of carbonyl (C=O) groups excluding carboxylic acids is 1. The Hall–Kier alpha value is -0.650. The summed E-state index contributed by atoms with van der Waals surface area (Å²) in [5.41, 5.74) is 0. The highest BCUT2D eigenvalue weighted by atomic mass is 16.5. The van der Waals surface area contributed by atoms with Gasteiger partial charge in [-0.15, -0.1) is 0 Å². The molecule has 0 rings (SSSR count). The zero-order valence-electron chi connectivity index (χ0n) is 18.8. The lowest BCUT2D eigenvalue weighted by molar-refractivity contribution is -0.144. The third-order valence-corrected chi connectivity index (χ3v) is 4.49. The van der Waals surface area contributed by atoms with Crippen LogP contribution in [0.2, 0.25) is 0 Å². The highest BCUT2D eigenvalue weighted by molar-refractivity contribution is 5.69. The maximum absolute atomic E-state index is 11.6. The molecule has 168 valence electrons. The normalized spacial score (nSPS) is 11.3. The zero-order chi connectivity index (χ0) is 20.7. The summed E-state index contributed by atoms with van der Waals surface area (Å²) in [6.45, 7) is 11.1. The summed E-state index contributed by atoms with van der Waals surface area (Å²) in [6.07, 6.45) is 12.0. The van der Waals surface area contributed by atoms with E-state index in [4.69, 9.17) is 18.9 Å². The van der Waals surface area contributed by atoms with Gasteiger partial charge in [-0.05, 0) is 25.2 Å². The van der Waals surface area contributed by atoms with Gasteiger partial charge in [0.25, 0.3) is 0 Å². The van der Waals surface area contributed by atoms with Crippen LogP contribution in [0.4, 0.5) is 0 Å². The van der Waals surface area contributed by atoms with Crippen molar-refractivity contribution in [2.24, 2.45) is 5.92 Å². The Morgan fingerprint density at radius 2 is 1.18 bits per heavy atom. The first-order valence-corrected chi connectivity index (χ1v) is 11.6. The van der Waals surface area contributed by atoms with Gasteiger partial charge in [0.1, 0.15) is 0 Å². The standard InChI is InChI=1S/C23H46O5/c1-4-5-6-10-15-25-18-20-27-21-19-26-16-12-14-23(24)28-17-11-8-7-9-13-22(2)3/h22H,4-21H2,1-3H3. The van der Waals surface area contributed by atoms with E-state index in [-0.39, 0.29) is 5.97 Å². The van der Waals surface area contributed by atoms with Crippen LogP contribution in [0.5, 0.6) is 0 Å². The molecule has 0 atom stereocenters. The molecule has 0 bridgehead atoms. The molecule has 0 fully saturated rings. The zero-order valence-corrected chi connectivity index (χ0v) is 18.8. The maximum atomic E-state index is 11.6. The highest BCUT2D eigenvalue weighted by Gasteiger charge is 2.03. The number of hydrogen-bond acceptors (Lipinski definition) is 5. The van der Waals surface area contributed by atoms with Gasteiger partial charge >= 0.3 is 5.97 Å². The van der Waals surface area contributed by atoms with Gasteiger partial charge in [-0.3, -0.25) is 4.79 Å². The lowest BCUT2D eigenvalue weighted by Gasteiger charge is -2.07. The summed E-state index contributed by atoms with van der Waals surface area (Å²) < 4.78 is 21.7. The minimum atomic E-state index is -0.113. The van der Waals surface area contributed by atoms with E-state index in [0.717, 1.165) is 31.8 Å². The molecule has 0 aliphatic rings. The Morgan fingerprint density at radius 1 is 0.643 bits per heavy atom. The number of esters is 1. The van der Waals surface area contributed by atoms with Crippen LogP contribution in [0.15, 0.2) is 0 Å². The second-order valence-electron chi connectivity index (χ2n) is 7.82. The van der Waals surface area contributed by atoms with Gasteiger partial charge in [0.2, 0.25) is 0 Å². The van der Waals surface area contributed by atoms with Crippen LogP contribution >= 0.6 is 0 Å². The van der Waals surface area contributed by atoms with E-state index in [1.807, 2.05) is 0 Å². The minimum absolute atomic E-state index is 0.113. The molecule has 0 unspecified atom stereocenters. The van der Waals surface area contributed by atoms with Crippen molar-refractivity contribution < 1.29 is 23.7 Å². The van der Waals surface area contributed by atoms with Crippen molar-refractivity contribution >= 4 is 5.97 Å². The first kappa shape index (κ1) is 27.4. The molecule has 0 amide bonds. The fourth-order valence-electron chi connectivity index (χ4n) is 2.76. The van der Waals surface area contributed by atoms with E-state index in [1.165, 1.54) is 38.5 Å². The fourth-order valence-corrected chi connectivity index (χ4v) is 2.76. The highest BCUT2D eigenvalue weighted by Crippen LogP contribution is 2.09. The number of hydrogen-bond donors (Lipinski definition) is 0. The third-order valence-electron chi connectivity index (χ3n) is 4.49. The predicted octanol–water partition coefficient (Wildman–Crippen LogP) is 5.55. The smallest absolute Gasteiger partial charge is 0.305 e. The van der Waals surface area contributed by atoms with E-state index in [0.29, 0.717) is 52.5 Å². The van der Waals surface area contributed by atoms with Crippen LogP contribution in [-0.2, 0) is 23.7 Å². The van der Waals surface area contributed by atoms with Crippen LogP contribution < -0.4 is 0 Å². The van der Waals surface area contributed by atoms with Gasteiger partial charge in [-0.1, -0.05) is 65.7 Å². The fraction of sp³-hybridized carbons (Fsp3) is 0.957. The Labute approximate surface area is 173 Å². The van der Waals surface area contributed by atoms with Gasteiger partial charge in [0, 0.05) is 19.6 Å². The lowest BCUT2D eigenvalue weighted by Crippen LogP contribution is -2.11. The molecule has 0 aromatic carbocycles. The van der Waals surface area contributed by atoms with Crippen molar-refractivity contribution in [3.8, 4) is 0 Å². The SMILES string of the molecule is CCCCCCOCCOCCOCCCC(=O)OCCCCCCC(C)C.